The van der Waals surface area contributed by atoms with Crippen molar-refractivity contribution in [2.24, 2.45) is 29.6 Å². The highest BCUT2D eigenvalue weighted by Crippen LogP contribution is 2.17. The van der Waals surface area contributed by atoms with Gasteiger partial charge in [0.05, 0.1) is 12.2 Å². The van der Waals surface area contributed by atoms with Crippen molar-refractivity contribution in [2.45, 2.75) is 107 Å². The fourth-order valence-corrected chi connectivity index (χ4v) is 6.78. The summed E-state index contributed by atoms with van der Waals surface area (Å²) in [6.07, 6.45) is 7.99. The number of benzene rings is 3. The van der Waals surface area contributed by atoms with E-state index in [1.807, 2.05) is 67.0 Å². The van der Waals surface area contributed by atoms with Crippen molar-refractivity contribution in [3.63, 3.8) is 0 Å². The van der Waals surface area contributed by atoms with Crippen LogP contribution in [0.25, 0.3) is 0 Å². The van der Waals surface area contributed by atoms with E-state index in [0.717, 1.165) is 31.1 Å². The molecule has 0 spiro atoms. The van der Waals surface area contributed by atoms with Crippen LogP contribution in [0, 0.1) is 36.5 Å². The molecule has 338 valence electrons. The van der Waals surface area contributed by atoms with Gasteiger partial charge in [0.15, 0.2) is 0 Å². The van der Waals surface area contributed by atoms with Gasteiger partial charge in [-0.2, -0.15) is 0 Å². The van der Waals surface area contributed by atoms with Gasteiger partial charge in [0.2, 0.25) is 23.6 Å². The number of rotatable bonds is 12. The van der Waals surface area contributed by atoms with E-state index in [2.05, 4.69) is 131 Å². The summed E-state index contributed by atoms with van der Waals surface area (Å²) in [5, 5.41) is 13.4. The van der Waals surface area contributed by atoms with Gasteiger partial charge in [-0.3, -0.25) is 29.0 Å². The van der Waals surface area contributed by atoms with Crippen molar-refractivity contribution < 1.29 is 24.0 Å². The molecule has 63 heavy (non-hydrogen) atoms. The normalized spacial score (nSPS) is 15.7. The molecular formula is C52H70N6O5. The van der Waals surface area contributed by atoms with Crippen LogP contribution >= 0.6 is 0 Å². The molecule has 6 rings (SSSR count). The van der Waals surface area contributed by atoms with Crippen LogP contribution < -0.4 is 26.6 Å². The molecule has 2 atom stereocenters. The standard InChI is InChI=1S/C16H21N3O2.C16H20N2O3.C11H16.C9H13N/c1-10(2)8-12-4-6-13(7-5-12)19-16(21)14-9-17-11(3)18-15(14)20;1-10(2)7-11-3-5-12(6-4-11)17-16(21)14-8-13(19)9-15(20)18-14;1-9(2)8-11-6-4-10(3)5-7-11;1-8(2)6-9-4-3-5-10-7-9/h4-7,10,14,17H,3,8-9H2,1-2H3,(H,18,20)(H,19,21);3-6,10,14H,7-9H2,1-2H3,(H,17,21)(H,18,20);4-7,9H,8H2,1-3H3;3-5,7-8H,6H2,1-2H3. The summed E-state index contributed by atoms with van der Waals surface area (Å²) in [7, 11) is 0. The minimum Gasteiger partial charge on any atom is -0.371 e. The third-order valence-corrected chi connectivity index (χ3v) is 9.73. The van der Waals surface area contributed by atoms with Crippen molar-refractivity contribution in [1.82, 2.24) is 20.9 Å². The lowest BCUT2D eigenvalue weighted by atomic mass is 10.0. The summed E-state index contributed by atoms with van der Waals surface area (Å²) in [4.78, 5) is 62.5. The molecule has 4 aromatic rings. The number of carbonyl (C=O) groups excluding carboxylic acids is 5. The van der Waals surface area contributed by atoms with Gasteiger partial charge in [-0.15, -0.1) is 0 Å². The Bertz CT molecular complexity index is 2040. The molecule has 0 bridgehead atoms. The Balaban J connectivity index is 0.000000235. The Hall–Kier alpha value is -6.10. The first-order chi connectivity index (χ1) is 29.9. The number of nitrogens with one attached hydrogen (secondary N) is 5. The molecule has 2 fully saturated rings. The van der Waals surface area contributed by atoms with Crippen LogP contribution in [0.15, 0.2) is 110 Å². The van der Waals surface area contributed by atoms with Gasteiger partial charge in [-0.25, -0.2) is 0 Å². The summed E-state index contributed by atoms with van der Waals surface area (Å²) in [6.45, 7) is 23.6. The molecule has 3 heterocycles. The van der Waals surface area contributed by atoms with Gasteiger partial charge >= 0.3 is 0 Å². The lowest BCUT2D eigenvalue weighted by Crippen LogP contribution is -2.50. The number of nitrogens with zero attached hydrogens (tertiary/aromatic N) is 1. The minimum atomic E-state index is -0.769. The van der Waals surface area contributed by atoms with Crippen molar-refractivity contribution in [2.75, 3.05) is 17.2 Å². The van der Waals surface area contributed by atoms with Crippen LogP contribution in [0.1, 0.15) is 96.0 Å². The van der Waals surface area contributed by atoms with E-state index >= 15 is 0 Å². The fourth-order valence-electron chi connectivity index (χ4n) is 6.78. The Kier molecular flexibility index (Phi) is 21.5. The lowest BCUT2D eigenvalue weighted by Gasteiger charge is -2.24. The third kappa shape index (κ3) is 20.5. The van der Waals surface area contributed by atoms with Gasteiger partial charge in [0, 0.05) is 36.7 Å². The van der Waals surface area contributed by atoms with E-state index < -0.39 is 17.9 Å². The van der Waals surface area contributed by atoms with Crippen LogP contribution in [-0.4, -0.2) is 47.0 Å². The first-order valence-corrected chi connectivity index (χ1v) is 22.2. The molecule has 0 aliphatic carbocycles. The maximum absolute atomic E-state index is 12.1. The molecule has 2 aliphatic heterocycles. The molecule has 11 nitrogen and oxygen atoms in total. The molecular weight excluding hydrogens is 789 g/mol. The van der Waals surface area contributed by atoms with Crippen molar-refractivity contribution in [1.29, 1.82) is 0 Å². The first kappa shape index (κ1) is 51.3. The van der Waals surface area contributed by atoms with E-state index in [0.29, 0.717) is 29.0 Å². The maximum atomic E-state index is 12.1. The molecule has 1 aromatic heterocycles. The molecule has 11 heteroatoms. The van der Waals surface area contributed by atoms with E-state index in [1.165, 1.54) is 34.2 Å². The number of pyridine rings is 1. The van der Waals surface area contributed by atoms with Crippen LogP contribution in [0.4, 0.5) is 11.4 Å². The van der Waals surface area contributed by atoms with Gasteiger partial charge in [-0.05, 0) is 109 Å². The Morgan fingerprint density at radius 1 is 0.667 bits per heavy atom. The average Bonchev–Trinajstić information content (AvgIpc) is 3.20. The predicted molar refractivity (Wildman–Crippen MR) is 255 cm³/mol. The lowest BCUT2D eigenvalue weighted by molar-refractivity contribution is -0.136. The average molecular weight is 859 g/mol. The number of aromatic nitrogens is 1. The molecule has 4 amide bonds. The summed E-state index contributed by atoms with van der Waals surface area (Å²) in [5.74, 6) is 0.758. The summed E-state index contributed by atoms with van der Waals surface area (Å²) < 4.78 is 0. The minimum absolute atomic E-state index is 0.0585. The molecule has 0 radical (unpaired) electrons. The van der Waals surface area contributed by atoms with Crippen LogP contribution in [0.5, 0.6) is 0 Å². The van der Waals surface area contributed by atoms with E-state index in [1.54, 1.807) is 0 Å². The molecule has 5 N–H and O–H groups in total. The number of ketones is 1. The molecule has 2 unspecified atom stereocenters. The summed E-state index contributed by atoms with van der Waals surface area (Å²) >= 11 is 0. The highest BCUT2D eigenvalue weighted by atomic mass is 16.2. The second kappa shape index (κ2) is 26.4. The van der Waals surface area contributed by atoms with E-state index in [9.17, 15) is 24.0 Å². The third-order valence-electron chi connectivity index (χ3n) is 9.73. The second-order valence-electron chi connectivity index (χ2n) is 18.1. The van der Waals surface area contributed by atoms with Crippen LogP contribution in [0.3, 0.4) is 0 Å². The number of anilines is 2. The molecule has 2 aliphatic rings. The predicted octanol–water partition coefficient (Wildman–Crippen LogP) is 8.78. The van der Waals surface area contributed by atoms with Crippen molar-refractivity contribution >= 4 is 40.8 Å². The number of piperidine rings is 1. The highest BCUT2D eigenvalue weighted by Gasteiger charge is 2.31. The number of hydrogen-bond acceptors (Lipinski definition) is 7. The van der Waals surface area contributed by atoms with Crippen LogP contribution in [-0.2, 0) is 49.7 Å². The zero-order valence-electron chi connectivity index (χ0n) is 38.8. The first-order valence-electron chi connectivity index (χ1n) is 22.2. The number of aryl methyl sites for hydroxylation is 1. The van der Waals surface area contributed by atoms with Gasteiger partial charge in [0.1, 0.15) is 17.7 Å². The van der Waals surface area contributed by atoms with Gasteiger partial charge in [-0.1, -0.05) is 122 Å². The summed E-state index contributed by atoms with van der Waals surface area (Å²) in [5.41, 5.74) is 7.94. The number of Topliss-reactive ketones (excluding diaryl/α,β-unsaturated/α-hetero) is 1. The van der Waals surface area contributed by atoms with E-state index in [4.69, 9.17) is 0 Å². The highest BCUT2D eigenvalue weighted by molar-refractivity contribution is 6.08. The SMILES string of the molecule is C=C1NCC(C(=O)Nc2ccc(CC(C)C)cc2)C(=O)N1.CC(C)Cc1ccc(NC(=O)C2CC(=O)CC(=O)N2)cc1.CC(C)Cc1cccnc1.Cc1ccc(CC(C)C)cc1. The zero-order valence-corrected chi connectivity index (χ0v) is 38.8. The molecule has 0 saturated carbocycles. The van der Waals surface area contributed by atoms with Crippen molar-refractivity contribution in [3.8, 4) is 0 Å². The Morgan fingerprint density at radius 3 is 1.56 bits per heavy atom. The smallest absolute Gasteiger partial charge is 0.247 e. The van der Waals surface area contributed by atoms with Gasteiger partial charge in [0.25, 0.3) is 0 Å². The van der Waals surface area contributed by atoms with E-state index in [-0.39, 0.29) is 42.9 Å². The molecule has 3 aromatic carbocycles. The maximum Gasteiger partial charge on any atom is 0.247 e. The fraction of sp³-hybridized carbons (Fsp3) is 0.423. The molecule has 2 saturated heterocycles. The zero-order chi connectivity index (χ0) is 46.5. The number of carbonyl (C=O) groups is 5. The summed E-state index contributed by atoms with van der Waals surface area (Å²) in [6, 6.07) is 27.5. The number of amides is 4. The van der Waals surface area contributed by atoms with Gasteiger partial charge < -0.3 is 26.6 Å². The topological polar surface area (TPSA) is 158 Å². The monoisotopic (exact) mass is 859 g/mol. The Labute approximate surface area is 375 Å². The second-order valence-corrected chi connectivity index (χ2v) is 18.1. The van der Waals surface area contributed by atoms with Crippen LogP contribution in [0.2, 0.25) is 0 Å². The number of hydrogen-bond donors (Lipinski definition) is 5. The quantitative estimate of drug-likeness (QED) is 0.0892. The van der Waals surface area contributed by atoms with Crippen molar-refractivity contribution in [3.05, 3.63) is 138 Å². The largest absolute Gasteiger partial charge is 0.371 e. The Morgan fingerprint density at radius 2 is 1.13 bits per heavy atom.